The fourth-order valence-corrected chi connectivity index (χ4v) is 2.97. The lowest BCUT2D eigenvalue weighted by Crippen LogP contribution is -2.32. The number of hydrogen-bond donors (Lipinski definition) is 1. The van der Waals surface area contributed by atoms with Crippen molar-refractivity contribution in [3.05, 3.63) is 65.7 Å². The van der Waals surface area contributed by atoms with E-state index in [1.165, 1.54) is 11.1 Å². The van der Waals surface area contributed by atoms with Crippen LogP contribution in [0.25, 0.3) is 0 Å². The monoisotopic (exact) mass is 294 g/mol. The zero-order valence-corrected chi connectivity index (χ0v) is 13.0. The largest absolute Gasteiger partial charge is 0.324 e. The van der Waals surface area contributed by atoms with Crippen molar-refractivity contribution in [3.8, 4) is 0 Å². The first kappa shape index (κ1) is 14.6. The molecular formula is C19H22N2O. The van der Waals surface area contributed by atoms with Crippen molar-refractivity contribution in [2.45, 2.75) is 25.7 Å². The van der Waals surface area contributed by atoms with Gasteiger partial charge in [0.25, 0.3) is 0 Å². The minimum atomic E-state index is 0.00248. The molecule has 2 aromatic carbocycles. The van der Waals surface area contributed by atoms with E-state index in [0.29, 0.717) is 5.92 Å². The van der Waals surface area contributed by atoms with Crippen LogP contribution >= 0.6 is 0 Å². The Morgan fingerprint density at radius 2 is 1.86 bits per heavy atom. The van der Waals surface area contributed by atoms with E-state index in [9.17, 15) is 4.79 Å². The molecule has 1 aliphatic heterocycles. The summed E-state index contributed by atoms with van der Waals surface area (Å²) < 4.78 is 0. The average Bonchev–Trinajstić information content (AvgIpc) is 3.06. The highest BCUT2D eigenvalue weighted by atomic mass is 16.2. The lowest BCUT2D eigenvalue weighted by Gasteiger charge is -2.17. The van der Waals surface area contributed by atoms with E-state index in [1.54, 1.807) is 0 Å². The molecule has 0 spiro atoms. The van der Waals surface area contributed by atoms with E-state index >= 15 is 0 Å². The molecule has 3 rings (SSSR count). The first-order valence-corrected chi connectivity index (χ1v) is 7.96. The van der Waals surface area contributed by atoms with Crippen LogP contribution in [0.1, 0.15) is 30.4 Å². The van der Waals surface area contributed by atoms with Gasteiger partial charge in [0, 0.05) is 24.7 Å². The average molecular weight is 294 g/mol. The van der Waals surface area contributed by atoms with Crippen molar-refractivity contribution in [3.63, 3.8) is 0 Å². The van der Waals surface area contributed by atoms with Crippen LogP contribution in [-0.4, -0.2) is 24.0 Å². The van der Waals surface area contributed by atoms with Crippen LogP contribution in [0.3, 0.4) is 0 Å². The zero-order valence-electron chi connectivity index (χ0n) is 13.0. The second kappa shape index (κ2) is 6.65. The van der Waals surface area contributed by atoms with Gasteiger partial charge in [-0.15, -0.1) is 0 Å². The van der Waals surface area contributed by atoms with Crippen LogP contribution in [0.2, 0.25) is 0 Å². The lowest BCUT2D eigenvalue weighted by atomic mass is 9.99. The normalized spacial score (nSPS) is 17.5. The summed E-state index contributed by atoms with van der Waals surface area (Å²) in [5.41, 5.74) is 3.47. The highest BCUT2D eigenvalue weighted by Gasteiger charge is 2.27. The molecule has 2 aromatic rings. The topological polar surface area (TPSA) is 32.3 Å². The predicted molar refractivity (Wildman–Crippen MR) is 90.2 cm³/mol. The van der Waals surface area contributed by atoms with Gasteiger partial charge in [0.1, 0.15) is 0 Å². The van der Waals surface area contributed by atoms with Gasteiger partial charge in [0.05, 0.1) is 0 Å². The Labute approximate surface area is 132 Å². The molecule has 1 N–H and O–H groups in total. The van der Waals surface area contributed by atoms with Crippen LogP contribution in [-0.2, 0) is 6.42 Å². The number of anilines is 1. The standard InChI is InChI=1S/C19H22N2O/c1-2-15-8-10-18(11-9-15)20-19(22)21-13-12-17(14-21)16-6-4-3-5-7-16/h3-11,17H,2,12-14H2,1H3,(H,20,22)/t17-/m1/s1. The van der Waals surface area contributed by atoms with Crippen molar-refractivity contribution in [1.29, 1.82) is 0 Å². The third-order valence-corrected chi connectivity index (χ3v) is 4.36. The van der Waals surface area contributed by atoms with Crippen LogP contribution in [0, 0.1) is 0 Å². The highest BCUT2D eigenvalue weighted by Crippen LogP contribution is 2.27. The van der Waals surface area contributed by atoms with Gasteiger partial charge in [0.15, 0.2) is 0 Å². The number of nitrogens with zero attached hydrogens (tertiary/aromatic N) is 1. The maximum absolute atomic E-state index is 12.4. The van der Waals surface area contributed by atoms with Gasteiger partial charge in [-0.05, 0) is 36.1 Å². The third kappa shape index (κ3) is 3.30. The molecule has 1 aliphatic rings. The molecule has 3 nitrogen and oxygen atoms in total. The molecule has 1 heterocycles. The molecule has 22 heavy (non-hydrogen) atoms. The maximum Gasteiger partial charge on any atom is 0.321 e. The number of amides is 2. The zero-order chi connectivity index (χ0) is 15.4. The Morgan fingerprint density at radius 1 is 1.14 bits per heavy atom. The van der Waals surface area contributed by atoms with E-state index in [-0.39, 0.29) is 6.03 Å². The predicted octanol–water partition coefficient (Wildman–Crippen LogP) is 4.27. The quantitative estimate of drug-likeness (QED) is 0.900. The van der Waals surface area contributed by atoms with Crippen LogP contribution in [0.4, 0.5) is 10.5 Å². The van der Waals surface area contributed by atoms with Gasteiger partial charge in [-0.25, -0.2) is 4.79 Å². The first-order valence-electron chi connectivity index (χ1n) is 7.96. The maximum atomic E-state index is 12.4. The van der Waals surface area contributed by atoms with Gasteiger partial charge >= 0.3 is 6.03 Å². The van der Waals surface area contributed by atoms with Crippen molar-refractivity contribution in [2.75, 3.05) is 18.4 Å². The van der Waals surface area contributed by atoms with E-state index in [1.807, 2.05) is 23.1 Å². The minimum Gasteiger partial charge on any atom is -0.324 e. The van der Waals surface area contributed by atoms with Crippen molar-refractivity contribution >= 4 is 11.7 Å². The summed E-state index contributed by atoms with van der Waals surface area (Å²) in [4.78, 5) is 14.3. The Balaban J connectivity index is 1.59. The van der Waals surface area contributed by atoms with E-state index in [0.717, 1.165) is 31.6 Å². The molecule has 0 radical (unpaired) electrons. The number of nitrogens with one attached hydrogen (secondary N) is 1. The van der Waals surface area contributed by atoms with Crippen LogP contribution in [0.15, 0.2) is 54.6 Å². The highest BCUT2D eigenvalue weighted by molar-refractivity contribution is 5.89. The number of carbonyl (C=O) groups is 1. The van der Waals surface area contributed by atoms with E-state index in [2.05, 4.69) is 48.6 Å². The van der Waals surface area contributed by atoms with E-state index in [4.69, 9.17) is 0 Å². The molecule has 114 valence electrons. The number of benzene rings is 2. The summed E-state index contributed by atoms with van der Waals surface area (Å²) in [6, 6.07) is 18.5. The SMILES string of the molecule is CCc1ccc(NC(=O)N2CC[C@@H](c3ccccc3)C2)cc1. The number of aryl methyl sites for hydroxylation is 1. The Kier molecular flexibility index (Phi) is 4.42. The van der Waals surface area contributed by atoms with Gasteiger partial charge in [-0.2, -0.15) is 0 Å². The summed E-state index contributed by atoms with van der Waals surface area (Å²) in [5, 5.41) is 2.99. The number of carbonyl (C=O) groups excluding carboxylic acids is 1. The molecule has 1 saturated heterocycles. The smallest absolute Gasteiger partial charge is 0.321 e. The van der Waals surface area contributed by atoms with E-state index < -0.39 is 0 Å². The van der Waals surface area contributed by atoms with Crippen LogP contribution < -0.4 is 5.32 Å². The summed E-state index contributed by atoms with van der Waals surface area (Å²) in [6.45, 7) is 3.74. The number of hydrogen-bond acceptors (Lipinski definition) is 1. The number of likely N-dealkylation sites (tertiary alicyclic amines) is 1. The van der Waals surface area contributed by atoms with Gasteiger partial charge < -0.3 is 10.2 Å². The Hall–Kier alpha value is -2.29. The van der Waals surface area contributed by atoms with Crippen LogP contribution in [0.5, 0.6) is 0 Å². The summed E-state index contributed by atoms with van der Waals surface area (Å²) in [7, 11) is 0. The second-order valence-corrected chi connectivity index (χ2v) is 5.82. The molecule has 1 fully saturated rings. The summed E-state index contributed by atoms with van der Waals surface area (Å²) in [5.74, 6) is 0.453. The minimum absolute atomic E-state index is 0.00248. The first-order chi connectivity index (χ1) is 10.8. The Bertz CT molecular complexity index is 622. The van der Waals surface area contributed by atoms with Crippen molar-refractivity contribution in [2.24, 2.45) is 0 Å². The molecule has 0 aliphatic carbocycles. The van der Waals surface area contributed by atoms with Crippen molar-refractivity contribution in [1.82, 2.24) is 4.90 Å². The molecular weight excluding hydrogens is 272 g/mol. The molecule has 3 heteroatoms. The summed E-state index contributed by atoms with van der Waals surface area (Å²) >= 11 is 0. The van der Waals surface area contributed by atoms with Gasteiger partial charge in [-0.3, -0.25) is 0 Å². The molecule has 0 bridgehead atoms. The molecule has 1 atom stereocenters. The van der Waals surface area contributed by atoms with Gasteiger partial charge in [0.2, 0.25) is 0 Å². The van der Waals surface area contributed by atoms with Crippen molar-refractivity contribution < 1.29 is 4.79 Å². The molecule has 0 unspecified atom stereocenters. The fraction of sp³-hybridized carbons (Fsp3) is 0.316. The Morgan fingerprint density at radius 3 is 2.55 bits per heavy atom. The second-order valence-electron chi connectivity index (χ2n) is 5.82. The lowest BCUT2D eigenvalue weighted by molar-refractivity contribution is 0.222. The third-order valence-electron chi connectivity index (χ3n) is 4.36. The number of rotatable bonds is 3. The molecule has 0 aromatic heterocycles. The fourth-order valence-electron chi connectivity index (χ4n) is 2.97. The van der Waals surface area contributed by atoms with Gasteiger partial charge in [-0.1, -0.05) is 49.4 Å². The summed E-state index contributed by atoms with van der Waals surface area (Å²) in [6.07, 6.45) is 2.05. The molecule has 2 amide bonds. The molecule has 0 saturated carbocycles. The number of urea groups is 1.